The Balaban J connectivity index is 2.09. The SMILES string of the molecule is CCn1ccnc1NCCNCCOC. The molecule has 0 fully saturated rings. The molecule has 0 aliphatic carbocycles. The molecular formula is C10H20N4O. The second-order valence-corrected chi connectivity index (χ2v) is 3.21. The number of ether oxygens (including phenoxy) is 1. The Morgan fingerprint density at radius 2 is 2.27 bits per heavy atom. The van der Waals surface area contributed by atoms with Gasteiger partial charge in [-0.3, -0.25) is 0 Å². The molecule has 15 heavy (non-hydrogen) atoms. The first-order valence-corrected chi connectivity index (χ1v) is 5.33. The fourth-order valence-electron chi connectivity index (χ4n) is 1.29. The minimum Gasteiger partial charge on any atom is -0.383 e. The van der Waals surface area contributed by atoms with Crippen molar-refractivity contribution >= 4 is 5.95 Å². The van der Waals surface area contributed by atoms with E-state index in [-0.39, 0.29) is 0 Å². The lowest BCUT2D eigenvalue weighted by Gasteiger charge is -2.08. The van der Waals surface area contributed by atoms with Crippen molar-refractivity contribution in [2.24, 2.45) is 0 Å². The lowest BCUT2D eigenvalue weighted by atomic mass is 10.5. The first kappa shape index (κ1) is 12.0. The van der Waals surface area contributed by atoms with E-state index in [2.05, 4.69) is 27.1 Å². The molecule has 1 heterocycles. The quantitative estimate of drug-likeness (QED) is 0.618. The third-order valence-electron chi connectivity index (χ3n) is 2.12. The van der Waals surface area contributed by atoms with E-state index in [4.69, 9.17) is 4.74 Å². The van der Waals surface area contributed by atoms with Crippen LogP contribution in [0.1, 0.15) is 6.92 Å². The summed E-state index contributed by atoms with van der Waals surface area (Å²) in [4.78, 5) is 4.22. The van der Waals surface area contributed by atoms with Gasteiger partial charge in [0.25, 0.3) is 0 Å². The van der Waals surface area contributed by atoms with Gasteiger partial charge < -0.3 is 19.9 Å². The van der Waals surface area contributed by atoms with Gasteiger partial charge in [0.1, 0.15) is 0 Å². The number of anilines is 1. The maximum absolute atomic E-state index is 4.93. The zero-order valence-corrected chi connectivity index (χ0v) is 9.49. The van der Waals surface area contributed by atoms with Crippen molar-refractivity contribution in [1.29, 1.82) is 0 Å². The molecule has 0 aromatic carbocycles. The molecule has 0 saturated heterocycles. The van der Waals surface area contributed by atoms with Crippen molar-refractivity contribution in [2.45, 2.75) is 13.5 Å². The Kier molecular flexibility index (Phi) is 5.80. The highest BCUT2D eigenvalue weighted by Gasteiger charge is 1.98. The van der Waals surface area contributed by atoms with Gasteiger partial charge >= 0.3 is 0 Å². The summed E-state index contributed by atoms with van der Waals surface area (Å²) in [6.07, 6.45) is 3.78. The monoisotopic (exact) mass is 212 g/mol. The van der Waals surface area contributed by atoms with Crippen molar-refractivity contribution in [3.8, 4) is 0 Å². The smallest absolute Gasteiger partial charge is 0.202 e. The maximum Gasteiger partial charge on any atom is 0.202 e. The highest BCUT2D eigenvalue weighted by atomic mass is 16.5. The molecule has 1 rings (SSSR count). The molecule has 0 atom stereocenters. The zero-order valence-electron chi connectivity index (χ0n) is 9.49. The van der Waals surface area contributed by atoms with Crippen molar-refractivity contribution < 1.29 is 4.74 Å². The van der Waals surface area contributed by atoms with Crippen LogP contribution in [0.5, 0.6) is 0 Å². The van der Waals surface area contributed by atoms with Crippen LogP contribution in [0.2, 0.25) is 0 Å². The second kappa shape index (κ2) is 7.25. The number of hydrogen-bond acceptors (Lipinski definition) is 4. The van der Waals surface area contributed by atoms with Gasteiger partial charge in [0.05, 0.1) is 6.61 Å². The summed E-state index contributed by atoms with van der Waals surface area (Å²) in [7, 11) is 1.71. The molecule has 1 aromatic rings. The average molecular weight is 212 g/mol. The van der Waals surface area contributed by atoms with Crippen LogP contribution in [0.4, 0.5) is 5.95 Å². The molecule has 0 radical (unpaired) electrons. The zero-order chi connectivity index (χ0) is 10.9. The van der Waals surface area contributed by atoms with Crippen LogP contribution < -0.4 is 10.6 Å². The summed E-state index contributed by atoms with van der Waals surface area (Å²) in [6.45, 7) is 6.48. The van der Waals surface area contributed by atoms with E-state index in [9.17, 15) is 0 Å². The van der Waals surface area contributed by atoms with Gasteiger partial charge in [0.15, 0.2) is 0 Å². The van der Waals surface area contributed by atoms with Crippen molar-refractivity contribution in [3.63, 3.8) is 0 Å². The topological polar surface area (TPSA) is 51.1 Å². The van der Waals surface area contributed by atoms with E-state index in [0.717, 1.165) is 38.7 Å². The van der Waals surface area contributed by atoms with E-state index in [1.807, 2.05) is 12.4 Å². The number of nitrogens with zero attached hydrogens (tertiary/aromatic N) is 2. The Labute approximate surface area is 90.8 Å². The van der Waals surface area contributed by atoms with Gasteiger partial charge in [-0.2, -0.15) is 0 Å². The number of rotatable bonds is 8. The number of hydrogen-bond donors (Lipinski definition) is 2. The first-order chi connectivity index (χ1) is 7.38. The second-order valence-electron chi connectivity index (χ2n) is 3.21. The standard InChI is InChI=1S/C10H20N4O/c1-3-14-8-6-13-10(14)12-5-4-11-7-9-15-2/h6,8,11H,3-5,7,9H2,1-2H3,(H,12,13). The Bertz CT molecular complexity index is 262. The van der Waals surface area contributed by atoms with Crippen LogP contribution in [0.3, 0.4) is 0 Å². The van der Waals surface area contributed by atoms with E-state index in [0.29, 0.717) is 0 Å². The maximum atomic E-state index is 4.93. The van der Waals surface area contributed by atoms with Crippen LogP contribution in [0.25, 0.3) is 0 Å². The van der Waals surface area contributed by atoms with Crippen molar-refractivity contribution in [2.75, 3.05) is 38.7 Å². The van der Waals surface area contributed by atoms with E-state index >= 15 is 0 Å². The molecule has 0 unspecified atom stereocenters. The summed E-state index contributed by atoms with van der Waals surface area (Å²) in [6, 6.07) is 0. The fourth-order valence-corrected chi connectivity index (χ4v) is 1.29. The number of aromatic nitrogens is 2. The Morgan fingerprint density at radius 1 is 1.40 bits per heavy atom. The van der Waals surface area contributed by atoms with Gasteiger partial charge in [-0.15, -0.1) is 0 Å². The van der Waals surface area contributed by atoms with Crippen LogP contribution in [0.15, 0.2) is 12.4 Å². The molecule has 0 aliphatic heterocycles. The molecule has 1 aromatic heterocycles. The Hall–Kier alpha value is -1.07. The molecule has 0 spiro atoms. The highest BCUT2D eigenvalue weighted by Crippen LogP contribution is 2.02. The lowest BCUT2D eigenvalue weighted by Crippen LogP contribution is -2.26. The predicted molar refractivity (Wildman–Crippen MR) is 61.1 cm³/mol. The van der Waals surface area contributed by atoms with Crippen molar-refractivity contribution in [3.05, 3.63) is 12.4 Å². The third kappa shape index (κ3) is 4.31. The molecule has 86 valence electrons. The molecule has 0 bridgehead atoms. The number of aryl methyl sites for hydroxylation is 1. The number of methoxy groups -OCH3 is 1. The molecule has 0 amide bonds. The minimum absolute atomic E-state index is 0.754. The molecule has 5 nitrogen and oxygen atoms in total. The van der Waals surface area contributed by atoms with Crippen LogP contribution in [0, 0.1) is 0 Å². The molecule has 0 saturated carbocycles. The summed E-state index contributed by atoms with van der Waals surface area (Å²) < 4.78 is 7.01. The lowest BCUT2D eigenvalue weighted by molar-refractivity contribution is 0.200. The highest BCUT2D eigenvalue weighted by molar-refractivity contribution is 5.25. The van der Waals surface area contributed by atoms with Gasteiger partial charge in [0, 0.05) is 45.7 Å². The molecule has 2 N–H and O–H groups in total. The van der Waals surface area contributed by atoms with Gasteiger partial charge in [-0.1, -0.05) is 0 Å². The van der Waals surface area contributed by atoms with E-state index in [1.165, 1.54) is 0 Å². The third-order valence-corrected chi connectivity index (χ3v) is 2.12. The normalized spacial score (nSPS) is 10.5. The predicted octanol–water partition coefficient (Wildman–Crippen LogP) is 0.551. The first-order valence-electron chi connectivity index (χ1n) is 5.33. The summed E-state index contributed by atoms with van der Waals surface area (Å²) in [5.74, 6) is 0.936. The van der Waals surface area contributed by atoms with Gasteiger partial charge in [-0.25, -0.2) is 4.98 Å². The van der Waals surface area contributed by atoms with E-state index < -0.39 is 0 Å². The Morgan fingerprint density at radius 3 is 3.00 bits per heavy atom. The molecule has 5 heteroatoms. The van der Waals surface area contributed by atoms with Crippen LogP contribution in [-0.2, 0) is 11.3 Å². The molecule has 0 aliphatic rings. The number of imidazole rings is 1. The van der Waals surface area contributed by atoms with E-state index in [1.54, 1.807) is 7.11 Å². The van der Waals surface area contributed by atoms with Crippen LogP contribution >= 0.6 is 0 Å². The average Bonchev–Trinajstić information content (AvgIpc) is 2.70. The van der Waals surface area contributed by atoms with Gasteiger partial charge in [0.2, 0.25) is 5.95 Å². The number of nitrogens with one attached hydrogen (secondary N) is 2. The summed E-state index contributed by atoms with van der Waals surface area (Å²) in [5, 5.41) is 6.53. The van der Waals surface area contributed by atoms with Crippen molar-refractivity contribution in [1.82, 2.24) is 14.9 Å². The largest absolute Gasteiger partial charge is 0.383 e. The fraction of sp³-hybridized carbons (Fsp3) is 0.700. The van der Waals surface area contributed by atoms with Crippen LogP contribution in [-0.4, -0.2) is 42.9 Å². The minimum atomic E-state index is 0.754. The summed E-state index contributed by atoms with van der Waals surface area (Å²) in [5.41, 5.74) is 0. The van der Waals surface area contributed by atoms with Gasteiger partial charge in [-0.05, 0) is 6.92 Å². The summed E-state index contributed by atoms with van der Waals surface area (Å²) >= 11 is 0. The molecular weight excluding hydrogens is 192 g/mol.